The van der Waals surface area contributed by atoms with Crippen molar-refractivity contribution in [1.29, 1.82) is 0 Å². The first-order valence-corrected chi connectivity index (χ1v) is 2.04. The van der Waals surface area contributed by atoms with Crippen LogP contribution in [0.5, 0.6) is 0 Å². The van der Waals surface area contributed by atoms with Crippen molar-refractivity contribution in [1.82, 2.24) is 0 Å². The van der Waals surface area contributed by atoms with Gasteiger partial charge < -0.3 is 5.11 Å². The summed E-state index contributed by atoms with van der Waals surface area (Å²) in [6, 6.07) is 0. The van der Waals surface area contributed by atoms with E-state index >= 15 is 0 Å². The molecule has 0 amide bonds. The molecule has 1 N–H and O–H groups in total. The summed E-state index contributed by atoms with van der Waals surface area (Å²) < 4.78 is 0. The van der Waals surface area contributed by atoms with Crippen molar-refractivity contribution < 1.29 is 9.90 Å². The molecule has 0 fully saturated rings. The zero-order valence-electron chi connectivity index (χ0n) is 4.93. The van der Waals surface area contributed by atoms with Crippen LogP contribution >= 0.6 is 0 Å². The van der Waals surface area contributed by atoms with E-state index in [1.807, 2.05) is 0 Å². The molecule has 0 bridgehead atoms. The van der Waals surface area contributed by atoms with Crippen LogP contribution in [0.25, 0.3) is 0 Å². The molecule has 0 aliphatic carbocycles. The zero-order valence-corrected chi connectivity index (χ0v) is 8.82. The van der Waals surface area contributed by atoms with Gasteiger partial charge in [0.1, 0.15) is 0 Å². The fourth-order valence-corrected chi connectivity index (χ4v) is 0.123. The third kappa shape index (κ3) is 4.27. The predicted octanol–water partition coefficient (Wildman–Crippen LogP) is 0.121. The molecule has 0 aliphatic rings. The van der Waals surface area contributed by atoms with Gasteiger partial charge in [-0.2, -0.15) is 0 Å². The second-order valence-electron chi connectivity index (χ2n) is 1.28. The van der Waals surface area contributed by atoms with Crippen molar-refractivity contribution in [3.05, 3.63) is 11.6 Å². The summed E-state index contributed by atoms with van der Waals surface area (Å²) >= 11 is 0. The van der Waals surface area contributed by atoms with Crippen molar-refractivity contribution >= 4 is 32.5 Å². The molecule has 0 saturated carbocycles. The van der Waals surface area contributed by atoms with Crippen molar-refractivity contribution in [2.24, 2.45) is 0 Å². The number of carboxylic acid groups (broad SMARTS) is 1. The fraction of sp³-hybridized carbons (Fsp3) is 0.400. The molecule has 0 aromatic heterocycles. The van der Waals surface area contributed by atoms with Crippen LogP contribution in [0.2, 0.25) is 0 Å². The van der Waals surface area contributed by atoms with E-state index in [2.05, 4.69) is 0 Å². The summed E-state index contributed by atoms with van der Waals surface area (Å²) in [6.07, 6.45) is 1.56. The molecule has 0 unspecified atom stereocenters. The Morgan fingerprint density at radius 2 is 2.00 bits per heavy atom. The van der Waals surface area contributed by atoms with Gasteiger partial charge in [-0.15, -0.1) is 0 Å². The van der Waals surface area contributed by atoms with E-state index in [-0.39, 0.29) is 26.6 Å². The number of rotatable bonds is 1. The molecule has 0 aromatic rings. The Labute approximate surface area is 68.1 Å². The Hall–Kier alpha value is 0.106. The minimum absolute atomic E-state index is 0. The van der Waals surface area contributed by atoms with Gasteiger partial charge >= 0.3 is 32.5 Å². The molecule has 0 heterocycles. The monoisotopic (exact) mass is 311 g/mol. The van der Waals surface area contributed by atoms with Crippen LogP contribution in [-0.4, -0.2) is 37.6 Å². The Bertz CT molecular complexity index is 107. The summed E-state index contributed by atoms with van der Waals surface area (Å²) in [7, 11) is 0. The van der Waals surface area contributed by atoms with Crippen LogP contribution in [0.3, 0.4) is 0 Å². The van der Waals surface area contributed by atoms with Gasteiger partial charge in [-0.1, -0.05) is 6.08 Å². The van der Waals surface area contributed by atoms with Crippen LogP contribution in [0, 0.1) is 0 Å². The third-order valence-corrected chi connectivity index (χ3v) is 0.770. The molecule has 0 spiro atoms. The molecule has 0 rings (SSSR count). The topological polar surface area (TPSA) is 37.3 Å². The quantitative estimate of drug-likeness (QED) is 0.699. The van der Waals surface area contributed by atoms with Gasteiger partial charge in [-0.05, 0) is 13.8 Å². The molecule has 3 heteroatoms. The summed E-state index contributed by atoms with van der Waals surface area (Å²) in [5.41, 5.74) is 0.389. The number of carboxylic acids is 1. The molecule has 0 aliphatic heterocycles. The number of hydrogen-bond acceptors (Lipinski definition) is 1. The van der Waals surface area contributed by atoms with Crippen molar-refractivity contribution in [2.75, 3.05) is 0 Å². The fourth-order valence-electron chi connectivity index (χ4n) is 0.123. The third-order valence-electron chi connectivity index (χ3n) is 0.770. The van der Waals surface area contributed by atoms with E-state index in [0.717, 1.165) is 0 Å². The van der Waals surface area contributed by atoms with Crippen LogP contribution in [0.1, 0.15) is 13.8 Å². The summed E-state index contributed by atoms with van der Waals surface area (Å²) in [5.74, 6) is -0.845. The van der Waals surface area contributed by atoms with E-state index in [1.165, 1.54) is 0 Å². The Morgan fingerprint density at radius 1 is 1.62 bits per heavy atom. The van der Waals surface area contributed by atoms with Gasteiger partial charge in [-0.3, -0.25) is 0 Å². The van der Waals surface area contributed by atoms with Crippen molar-refractivity contribution in [3.8, 4) is 0 Å². The van der Waals surface area contributed by atoms with Gasteiger partial charge in [0.05, 0.1) is 0 Å². The van der Waals surface area contributed by atoms with E-state index in [1.54, 1.807) is 19.9 Å². The van der Waals surface area contributed by atoms with Gasteiger partial charge in [0.25, 0.3) is 0 Å². The summed E-state index contributed by atoms with van der Waals surface area (Å²) in [5, 5.41) is 8.11. The second kappa shape index (κ2) is 5.25. The Kier molecular flexibility index (Phi) is 7.20. The molecule has 0 saturated heterocycles. The van der Waals surface area contributed by atoms with Crippen LogP contribution in [0.4, 0.5) is 0 Å². The molecule has 48 valence electrons. The summed E-state index contributed by atoms with van der Waals surface area (Å²) in [6.45, 7) is 3.26. The van der Waals surface area contributed by atoms with Gasteiger partial charge in [-0.25, -0.2) is 4.79 Å². The number of aliphatic carboxylic acids is 1. The average molecular weight is 311 g/mol. The van der Waals surface area contributed by atoms with Gasteiger partial charge in [0, 0.05) is 5.57 Å². The maximum atomic E-state index is 9.86. The van der Waals surface area contributed by atoms with Crippen LogP contribution < -0.4 is 0 Å². The average Bonchev–Trinajstić information content (AvgIpc) is 1.65. The second-order valence-corrected chi connectivity index (χ2v) is 1.28. The predicted molar refractivity (Wildman–Crippen MR) is 35.6 cm³/mol. The van der Waals surface area contributed by atoms with Crippen LogP contribution in [0.15, 0.2) is 11.6 Å². The molecule has 0 atom stereocenters. The molecule has 0 aromatic carbocycles. The maximum absolute atomic E-state index is 9.86. The van der Waals surface area contributed by atoms with E-state index in [0.29, 0.717) is 5.57 Å². The number of allylic oxidation sites excluding steroid dienone is 1. The Morgan fingerprint density at radius 3 is 2.00 bits per heavy atom. The number of hydrogen-bond donors (Lipinski definition) is 1. The van der Waals surface area contributed by atoms with E-state index in [4.69, 9.17) is 5.11 Å². The Balaban J connectivity index is 0. The van der Waals surface area contributed by atoms with Crippen molar-refractivity contribution in [2.45, 2.75) is 13.8 Å². The van der Waals surface area contributed by atoms with Crippen LogP contribution in [-0.2, 0) is 4.79 Å². The first-order valence-electron chi connectivity index (χ1n) is 2.04. The van der Waals surface area contributed by atoms with Gasteiger partial charge in [0.15, 0.2) is 0 Å². The summed E-state index contributed by atoms with van der Waals surface area (Å²) in [4.78, 5) is 9.86. The molecule has 0 radical (unpaired) electrons. The first kappa shape index (κ1) is 11.0. The zero-order chi connectivity index (χ0) is 5.86. The molecule has 2 nitrogen and oxygen atoms in total. The van der Waals surface area contributed by atoms with Crippen molar-refractivity contribution in [3.63, 3.8) is 0 Å². The number of carbonyl (C=O) groups is 1. The van der Waals surface area contributed by atoms with E-state index < -0.39 is 5.97 Å². The molecule has 8 heavy (non-hydrogen) atoms. The minimum atomic E-state index is -0.845. The first-order chi connectivity index (χ1) is 3.18. The SMILES string of the molecule is CC=C(C)C(=O)O.[PoH2]. The standard InChI is InChI=1S/C5H8O2.Po.2H/c1-3-4(2)5(6)7;;;/h3H,1-2H3,(H,6,7);;;. The molecular formula is C5H10O2Po. The molecular weight excluding hydrogens is 301 g/mol. The van der Waals surface area contributed by atoms with Gasteiger partial charge in [0.2, 0.25) is 0 Å². The normalized spacial score (nSPS) is 10.0. The van der Waals surface area contributed by atoms with E-state index in [9.17, 15) is 4.79 Å².